The third-order valence-corrected chi connectivity index (χ3v) is 9.18. The molecule has 3 aromatic carbocycles. The summed E-state index contributed by atoms with van der Waals surface area (Å²) < 4.78 is 9.87. The highest BCUT2D eigenvalue weighted by atomic mass is 35.5. The summed E-state index contributed by atoms with van der Waals surface area (Å²) in [5, 5.41) is 0.558. The minimum absolute atomic E-state index is 0.190. The van der Waals surface area contributed by atoms with Crippen LogP contribution in [0.3, 0.4) is 0 Å². The molecule has 228 valence electrons. The smallest absolute Gasteiger partial charge is 0.338 e. The summed E-state index contributed by atoms with van der Waals surface area (Å²) in [6.45, 7) is 6.07. The molecule has 1 aliphatic heterocycles. The van der Waals surface area contributed by atoms with E-state index in [4.69, 9.17) is 21.3 Å². The van der Waals surface area contributed by atoms with Crippen molar-refractivity contribution in [2.24, 2.45) is 4.99 Å². The fourth-order valence-corrected chi connectivity index (χ4v) is 6.89. The highest BCUT2D eigenvalue weighted by Gasteiger charge is 2.35. The van der Waals surface area contributed by atoms with Crippen LogP contribution in [0.15, 0.2) is 100 Å². The van der Waals surface area contributed by atoms with Gasteiger partial charge in [0.2, 0.25) is 0 Å². The molecule has 0 unspecified atom stereocenters. The molecule has 6 rings (SSSR count). The quantitative estimate of drug-likeness (QED) is 0.204. The number of esters is 1. The predicted octanol–water partition coefficient (Wildman–Crippen LogP) is 6.06. The average molecular weight is 637 g/mol. The van der Waals surface area contributed by atoms with Crippen molar-refractivity contribution in [3.8, 4) is 5.69 Å². The van der Waals surface area contributed by atoms with Gasteiger partial charge in [-0.15, -0.1) is 0 Å². The van der Waals surface area contributed by atoms with Crippen LogP contribution in [0.25, 0.3) is 17.5 Å². The lowest BCUT2D eigenvalue weighted by atomic mass is 9.93. The standard InChI is InChI=1S/C36H33ClN4O3S/c1-6-44-35(43)31-32(24-10-8-7-9-11-24)38-36-41(33(31)25-12-14-27(37)15-13-25)34(42)30(45-36)21-26-20-22(2)40(23(26)3)29-18-16-28(17-19-29)39(4)5/h7-21,33H,6H2,1-5H3/b30-21+/t33-/m0/s1. The van der Waals surface area contributed by atoms with E-state index in [0.29, 0.717) is 25.6 Å². The highest BCUT2D eigenvalue weighted by Crippen LogP contribution is 2.35. The van der Waals surface area contributed by atoms with E-state index in [0.717, 1.165) is 39.5 Å². The summed E-state index contributed by atoms with van der Waals surface area (Å²) in [6, 6.07) is 26.4. The number of benzene rings is 3. The molecule has 0 amide bonds. The Morgan fingerprint density at radius 1 is 1.02 bits per heavy atom. The largest absolute Gasteiger partial charge is 0.463 e. The SMILES string of the molecule is CCOC(=O)C1=C(c2ccccc2)N=c2s/c(=C/c3cc(C)n(-c4ccc(N(C)C)cc4)c3C)c(=O)n2[C@H]1c1ccc(Cl)cc1. The number of hydrogen-bond donors (Lipinski definition) is 0. The molecule has 0 bridgehead atoms. The van der Waals surface area contributed by atoms with Gasteiger partial charge in [0.1, 0.15) is 0 Å². The van der Waals surface area contributed by atoms with E-state index in [1.54, 1.807) is 23.6 Å². The van der Waals surface area contributed by atoms with Crippen molar-refractivity contribution in [3.05, 3.63) is 143 Å². The van der Waals surface area contributed by atoms with Gasteiger partial charge < -0.3 is 14.2 Å². The Labute approximate surface area is 270 Å². The molecule has 2 aromatic heterocycles. The van der Waals surface area contributed by atoms with Crippen molar-refractivity contribution in [2.45, 2.75) is 26.8 Å². The molecule has 0 fully saturated rings. The summed E-state index contributed by atoms with van der Waals surface area (Å²) in [6.07, 6.45) is 1.92. The molecule has 5 aromatic rings. The lowest BCUT2D eigenvalue weighted by molar-refractivity contribution is -0.138. The van der Waals surface area contributed by atoms with Crippen LogP contribution in [0, 0.1) is 13.8 Å². The van der Waals surface area contributed by atoms with E-state index in [-0.39, 0.29) is 12.2 Å². The monoisotopic (exact) mass is 636 g/mol. The van der Waals surface area contributed by atoms with E-state index in [1.807, 2.05) is 62.6 Å². The van der Waals surface area contributed by atoms with Gasteiger partial charge in [-0.1, -0.05) is 65.4 Å². The number of aromatic nitrogens is 2. The second-order valence-corrected chi connectivity index (χ2v) is 12.5. The molecule has 0 aliphatic carbocycles. The second kappa shape index (κ2) is 12.4. The van der Waals surface area contributed by atoms with Gasteiger partial charge in [-0.25, -0.2) is 9.79 Å². The minimum Gasteiger partial charge on any atom is -0.463 e. The summed E-state index contributed by atoms with van der Waals surface area (Å²) in [7, 11) is 4.04. The van der Waals surface area contributed by atoms with E-state index in [9.17, 15) is 9.59 Å². The van der Waals surface area contributed by atoms with E-state index >= 15 is 0 Å². The summed E-state index contributed by atoms with van der Waals surface area (Å²) >= 11 is 7.56. The maximum absolute atomic E-state index is 14.3. The molecule has 0 saturated heterocycles. The van der Waals surface area contributed by atoms with Gasteiger partial charge in [-0.3, -0.25) is 9.36 Å². The van der Waals surface area contributed by atoms with Crippen LogP contribution >= 0.6 is 22.9 Å². The third kappa shape index (κ3) is 5.67. The summed E-state index contributed by atoms with van der Waals surface area (Å²) in [4.78, 5) is 35.4. The zero-order chi connectivity index (χ0) is 31.8. The highest BCUT2D eigenvalue weighted by molar-refractivity contribution is 7.07. The fourth-order valence-electron chi connectivity index (χ4n) is 5.77. The van der Waals surface area contributed by atoms with Crippen molar-refractivity contribution >= 4 is 46.4 Å². The van der Waals surface area contributed by atoms with E-state index < -0.39 is 12.0 Å². The summed E-state index contributed by atoms with van der Waals surface area (Å²) in [5.41, 5.74) is 7.24. The Hall–Kier alpha value is -4.66. The van der Waals surface area contributed by atoms with Crippen LogP contribution in [0.2, 0.25) is 5.02 Å². The minimum atomic E-state index is -0.752. The van der Waals surface area contributed by atoms with Crippen molar-refractivity contribution in [3.63, 3.8) is 0 Å². The second-order valence-electron chi connectivity index (χ2n) is 11.1. The molecule has 3 heterocycles. The number of thiazole rings is 1. The van der Waals surface area contributed by atoms with Crippen LogP contribution < -0.4 is 19.8 Å². The first-order chi connectivity index (χ1) is 21.7. The fraction of sp³-hybridized carbons (Fsp3) is 0.194. The van der Waals surface area contributed by atoms with Crippen molar-refractivity contribution in [2.75, 3.05) is 25.6 Å². The van der Waals surface area contributed by atoms with Crippen LogP contribution in [0.1, 0.15) is 41.0 Å². The topological polar surface area (TPSA) is 68.8 Å². The number of carbonyl (C=O) groups is 1. The van der Waals surface area contributed by atoms with Gasteiger partial charge in [0.05, 0.1) is 28.5 Å². The van der Waals surface area contributed by atoms with Gasteiger partial charge in [-0.05, 0) is 80.4 Å². The third-order valence-electron chi connectivity index (χ3n) is 7.94. The van der Waals surface area contributed by atoms with Gasteiger partial charge in [0.15, 0.2) is 4.80 Å². The molecule has 9 heteroatoms. The maximum atomic E-state index is 14.3. The zero-order valence-electron chi connectivity index (χ0n) is 25.7. The Kier molecular flexibility index (Phi) is 8.36. The number of carbonyl (C=O) groups excluding carboxylic acids is 1. The molecule has 0 N–H and O–H groups in total. The van der Waals surface area contributed by atoms with E-state index in [2.05, 4.69) is 53.6 Å². The average Bonchev–Trinajstić information content (AvgIpc) is 3.50. The molecular formula is C36H33ClN4O3S. The van der Waals surface area contributed by atoms with Crippen LogP contribution in [-0.2, 0) is 9.53 Å². The van der Waals surface area contributed by atoms with Gasteiger partial charge >= 0.3 is 5.97 Å². The van der Waals surface area contributed by atoms with Crippen LogP contribution in [0.5, 0.6) is 0 Å². The Morgan fingerprint density at radius 3 is 2.36 bits per heavy atom. The van der Waals surface area contributed by atoms with Crippen molar-refractivity contribution in [1.82, 2.24) is 9.13 Å². The molecule has 0 saturated carbocycles. The predicted molar refractivity (Wildman–Crippen MR) is 182 cm³/mol. The maximum Gasteiger partial charge on any atom is 0.338 e. The Morgan fingerprint density at radius 2 is 1.71 bits per heavy atom. The number of anilines is 1. The Bertz CT molecular complexity index is 2110. The molecule has 0 spiro atoms. The molecule has 45 heavy (non-hydrogen) atoms. The lowest BCUT2D eigenvalue weighted by Gasteiger charge is -2.25. The van der Waals surface area contributed by atoms with Gasteiger partial charge in [-0.2, -0.15) is 0 Å². The molecule has 0 radical (unpaired) electrons. The van der Waals surface area contributed by atoms with Gasteiger partial charge in [0, 0.05) is 47.4 Å². The first-order valence-corrected chi connectivity index (χ1v) is 15.9. The number of ether oxygens (including phenoxy) is 1. The number of hydrogen-bond acceptors (Lipinski definition) is 6. The van der Waals surface area contributed by atoms with Crippen LogP contribution in [-0.4, -0.2) is 35.8 Å². The normalized spacial score (nSPS) is 14.7. The summed E-state index contributed by atoms with van der Waals surface area (Å²) in [5.74, 6) is -0.516. The van der Waals surface area contributed by atoms with Crippen LogP contribution in [0.4, 0.5) is 5.69 Å². The molecule has 1 aliphatic rings. The molecule has 7 nitrogen and oxygen atoms in total. The number of aryl methyl sites for hydroxylation is 1. The van der Waals surface area contributed by atoms with Crippen molar-refractivity contribution in [1.29, 1.82) is 0 Å². The molecule has 1 atom stereocenters. The Balaban J connectivity index is 1.56. The van der Waals surface area contributed by atoms with Crippen molar-refractivity contribution < 1.29 is 9.53 Å². The lowest BCUT2D eigenvalue weighted by Crippen LogP contribution is -2.40. The zero-order valence-corrected chi connectivity index (χ0v) is 27.3. The van der Waals surface area contributed by atoms with Gasteiger partial charge in [0.25, 0.3) is 5.56 Å². The number of rotatable bonds is 7. The number of fused-ring (bicyclic) bond motifs is 1. The molecular weight excluding hydrogens is 604 g/mol. The number of nitrogens with zero attached hydrogens (tertiary/aromatic N) is 4. The van der Waals surface area contributed by atoms with E-state index in [1.165, 1.54) is 11.3 Å². The first kappa shape index (κ1) is 30.4. The first-order valence-electron chi connectivity index (χ1n) is 14.7. The number of halogens is 1.